The number of fused-ring (bicyclic) bond motifs is 1. The number of hydrogen-bond acceptors (Lipinski definition) is 5. The molecule has 7 heteroatoms. The summed E-state index contributed by atoms with van der Waals surface area (Å²) in [7, 11) is 1.34. The van der Waals surface area contributed by atoms with E-state index in [0.29, 0.717) is 28.5 Å². The Morgan fingerprint density at radius 1 is 1.27 bits per heavy atom. The lowest BCUT2D eigenvalue weighted by atomic mass is 10.1. The van der Waals surface area contributed by atoms with Gasteiger partial charge in [-0.05, 0) is 54.7 Å². The van der Waals surface area contributed by atoms with E-state index in [4.69, 9.17) is 9.84 Å². The molecule has 1 aliphatic rings. The van der Waals surface area contributed by atoms with E-state index in [-0.39, 0.29) is 0 Å². The van der Waals surface area contributed by atoms with E-state index in [9.17, 15) is 9.59 Å². The molecule has 0 aliphatic heterocycles. The molecule has 26 heavy (non-hydrogen) atoms. The Kier molecular flexibility index (Phi) is 3.84. The summed E-state index contributed by atoms with van der Waals surface area (Å²) in [6.07, 6.45) is 4.48. The lowest BCUT2D eigenvalue weighted by Gasteiger charge is -2.12. The quantitative estimate of drug-likeness (QED) is 0.691. The number of carbonyl (C=O) groups is 2. The van der Waals surface area contributed by atoms with Gasteiger partial charge >= 0.3 is 12.1 Å². The fourth-order valence-corrected chi connectivity index (χ4v) is 3.01. The number of rotatable bonds is 4. The Balaban J connectivity index is 1.69. The molecule has 1 aliphatic carbocycles. The molecule has 7 nitrogen and oxygen atoms in total. The minimum atomic E-state index is -1.04. The van der Waals surface area contributed by atoms with Crippen LogP contribution in [-0.2, 0) is 4.74 Å². The molecule has 0 saturated heterocycles. The van der Waals surface area contributed by atoms with Crippen molar-refractivity contribution in [2.45, 2.75) is 18.8 Å². The summed E-state index contributed by atoms with van der Waals surface area (Å²) < 4.78 is 6.04. The first kappa shape index (κ1) is 16.1. The van der Waals surface area contributed by atoms with Gasteiger partial charge in [0.05, 0.1) is 12.6 Å². The molecule has 0 amide bonds. The van der Waals surface area contributed by atoms with Gasteiger partial charge in [-0.25, -0.2) is 14.6 Å². The molecule has 2 N–H and O–H groups in total. The molecule has 1 aromatic carbocycles. The van der Waals surface area contributed by atoms with E-state index in [2.05, 4.69) is 10.3 Å². The van der Waals surface area contributed by atoms with Crippen LogP contribution < -0.4 is 5.32 Å². The third-order valence-electron chi connectivity index (χ3n) is 4.52. The van der Waals surface area contributed by atoms with Crippen molar-refractivity contribution in [1.82, 2.24) is 9.55 Å². The molecule has 0 radical (unpaired) electrons. The zero-order valence-corrected chi connectivity index (χ0v) is 14.1. The zero-order valence-electron chi connectivity index (χ0n) is 14.1. The van der Waals surface area contributed by atoms with Gasteiger partial charge in [0.2, 0.25) is 0 Å². The van der Waals surface area contributed by atoms with Crippen LogP contribution in [0.15, 0.2) is 42.7 Å². The van der Waals surface area contributed by atoms with E-state index in [1.807, 2.05) is 12.1 Å². The molecule has 0 bridgehead atoms. The molecule has 4 rings (SSSR count). The Morgan fingerprint density at radius 2 is 2.08 bits per heavy atom. The first-order valence-corrected chi connectivity index (χ1v) is 8.26. The van der Waals surface area contributed by atoms with Gasteiger partial charge < -0.3 is 15.2 Å². The normalized spacial score (nSPS) is 13.6. The molecule has 0 unspecified atom stereocenters. The molecule has 132 valence electrons. The second kappa shape index (κ2) is 6.18. The number of hydrogen-bond donors (Lipinski definition) is 2. The Morgan fingerprint density at radius 3 is 2.77 bits per heavy atom. The van der Waals surface area contributed by atoms with E-state index < -0.39 is 12.1 Å². The van der Waals surface area contributed by atoms with E-state index in [0.717, 1.165) is 28.4 Å². The largest absolute Gasteiger partial charge is 0.465 e. The Labute approximate surface area is 149 Å². The molecule has 0 atom stereocenters. The molecule has 1 saturated carbocycles. The number of benzene rings is 1. The Bertz CT molecular complexity index is 1020. The summed E-state index contributed by atoms with van der Waals surface area (Å²) in [5.41, 5.74) is 2.73. The highest BCUT2D eigenvalue weighted by Gasteiger charge is 2.26. The van der Waals surface area contributed by atoms with Crippen molar-refractivity contribution in [3.8, 4) is 0 Å². The molecule has 2 heterocycles. The van der Waals surface area contributed by atoms with Crippen LogP contribution in [0.4, 0.5) is 16.3 Å². The van der Waals surface area contributed by atoms with Crippen LogP contribution in [0.25, 0.3) is 10.9 Å². The van der Waals surface area contributed by atoms with Crippen LogP contribution in [0.2, 0.25) is 0 Å². The second-order valence-electron chi connectivity index (χ2n) is 6.30. The predicted octanol–water partition coefficient (Wildman–Crippen LogP) is 3.97. The lowest BCUT2D eigenvalue weighted by Crippen LogP contribution is -2.08. The van der Waals surface area contributed by atoms with Crippen molar-refractivity contribution in [2.75, 3.05) is 12.4 Å². The lowest BCUT2D eigenvalue weighted by molar-refractivity contribution is 0.0601. The van der Waals surface area contributed by atoms with Gasteiger partial charge in [-0.2, -0.15) is 0 Å². The summed E-state index contributed by atoms with van der Waals surface area (Å²) in [5, 5.41) is 13.1. The van der Waals surface area contributed by atoms with Crippen LogP contribution in [0.5, 0.6) is 0 Å². The maximum atomic E-state index is 12.1. The fraction of sp³-hybridized carbons (Fsp3) is 0.211. The molecular formula is C19H17N3O4. The maximum absolute atomic E-state index is 12.1. The number of carbonyl (C=O) groups excluding carboxylic acids is 1. The van der Waals surface area contributed by atoms with Gasteiger partial charge in [0.1, 0.15) is 11.4 Å². The third-order valence-corrected chi connectivity index (χ3v) is 4.52. The highest BCUT2D eigenvalue weighted by molar-refractivity contribution is 5.96. The summed E-state index contributed by atoms with van der Waals surface area (Å²) >= 11 is 0. The van der Waals surface area contributed by atoms with Crippen LogP contribution >= 0.6 is 0 Å². The number of nitrogens with one attached hydrogen (secondary N) is 1. The van der Waals surface area contributed by atoms with Crippen LogP contribution in [0.3, 0.4) is 0 Å². The van der Waals surface area contributed by atoms with Crippen LogP contribution in [0, 0.1) is 0 Å². The smallest absolute Gasteiger partial charge is 0.415 e. The average molecular weight is 351 g/mol. The Hall–Kier alpha value is -3.35. The second-order valence-corrected chi connectivity index (χ2v) is 6.30. The molecular weight excluding hydrogens is 334 g/mol. The van der Waals surface area contributed by atoms with E-state index in [1.165, 1.54) is 13.3 Å². The fourth-order valence-electron chi connectivity index (χ4n) is 3.01. The van der Waals surface area contributed by atoms with Crippen LogP contribution in [-0.4, -0.2) is 33.8 Å². The average Bonchev–Trinajstić information content (AvgIpc) is 3.40. The van der Waals surface area contributed by atoms with Crippen molar-refractivity contribution in [2.24, 2.45) is 0 Å². The zero-order chi connectivity index (χ0) is 18.3. The highest BCUT2D eigenvalue weighted by Crippen LogP contribution is 2.40. The molecule has 0 spiro atoms. The maximum Gasteiger partial charge on any atom is 0.415 e. The SMILES string of the molecule is COC(=O)c1cc(C2CC2)cnc1Nc1ccc2c(ccn2C(=O)O)c1. The van der Waals surface area contributed by atoms with Gasteiger partial charge in [-0.1, -0.05) is 0 Å². The predicted molar refractivity (Wildman–Crippen MR) is 96.2 cm³/mol. The number of nitrogens with zero attached hydrogens (tertiary/aromatic N) is 2. The van der Waals surface area contributed by atoms with E-state index in [1.54, 1.807) is 24.4 Å². The van der Waals surface area contributed by atoms with Crippen molar-refractivity contribution in [3.63, 3.8) is 0 Å². The topological polar surface area (TPSA) is 93.5 Å². The van der Waals surface area contributed by atoms with Gasteiger partial charge in [-0.15, -0.1) is 0 Å². The number of methoxy groups -OCH3 is 1. The first-order valence-electron chi connectivity index (χ1n) is 8.26. The van der Waals surface area contributed by atoms with Crippen molar-refractivity contribution >= 4 is 34.5 Å². The van der Waals surface area contributed by atoms with Gasteiger partial charge in [0, 0.05) is 23.5 Å². The van der Waals surface area contributed by atoms with Crippen LogP contribution in [0.1, 0.15) is 34.7 Å². The first-order chi connectivity index (χ1) is 12.6. The van der Waals surface area contributed by atoms with Gasteiger partial charge in [-0.3, -0.25) is 4.57 Å². The molecule has 3 aromatic rings. The number of esters is 1. The van der Waals surface area contributed by atoms with Crippen molar-refractivity contribution in [3.05, 3.63) is 53.9 Å². The summed E-state index contributed by atoms with van der Waals surface area (Å²) in [5.74, 6) is 0.450. The number of anilines is 2. The number of pyridine rings is 1. The summed E-state index contributed by atoms with van der Waals surface area (Å²) in [6, 6.07) is 8.82. The third kappa shape index (κ3) is 2.88. The van der Waals surface area contributed by atoms with E-state index >= 15 is 0 Å². The minimum absolute atomic E-state index is 0.389. The monoisotopic (exact) mass is 351 g/mol. The number of ether oxygens (including phenoxy) is 1. The van der Waals surface area contributed by atoms with Crippen molar-refractivity contribution < 1.29 is 19.4 Å². The summed E-state index contributed by atoms with van der Waals surface area (Å²) in [6.45, 7) is 0. The van der Waals surface area contributed by atoms with Gasteiger partial charge in [0.15, 0.2) is 0 Å². The standard InChI is InChI=1S/C19H17N3O4/c1-26-18(23)15-9-13(11-2-3-11)10-20-17(15)21-14-4-5-16-12(8-14)6-7-22(16)19(24)25/h4-11H,2-3H2,1H3,(H,20,21)(H,24,25). The molecule has 2 aromatic heterocycles. The number of carboxylic acid groups (broad SMARTS) is 1. The van der Waals surface area contributed by atoms with Gasteiger partial charge in [0.25, 0.3) is 0 Å². The summed E-state index contributed by atoms with van der Waals surface area (Å²) in [4.78, 5) is 27.7. The highest BCUT2D eigenvalue weighted by atomic mass is 16.5. The molecule has 1 fully saturated rings. The van der Waals surface area contributed by atoms with Crippen molar-refractivity contribution in [1.29, 1.82) is 0 Å². The number of aromatic nitrogens is 2. The minimum Gasteiger partial charge on any atom is -0.465 e.